The van der Waals surface area contributed by atoms with Crippen LogP contribution in [-0.4, -0.2) is 45.3 Å². The molecule has 0 aliphatic carbocycles. The second kappa shape index (κ2) is 9.78. The highest BCUT2D eigenvalue weighted by molar-refractivity contribution is 8.26. The molecule has 0 bridgehead atoms. The van der Waals surface area contributed by atoms with E-state index in [1.165, 1.54) is 17.0 Å². The summed E-state index contributed by atoms with van der Waals surface area (Å²) in [6, 6.07) is 14.9. The predicted octanol–water partition coefficient (Wildman–Crippen LogP) is 2.75. The van der Waals surface area contributed by atoms with E-state index in [9.17, 15) is 19.1 Å². The smallest absolute Gasteiger partial charge is 0.266 e. The fraction of sp³-hybridized carbons (Fsp3) is 0.190. The molecule has 5 nitrogen and oxygen atoms in total. The third kappa shape index (κ3) is 5.72. The Labute approximate surface area is 177 Å². The van der Waals surface area contributed by atoms with Crippen LogP contribution < -0.4 is 5.32 Å². The summed E-state index contributed by atoms with van der Waals surface area (Å²) in [4.78, 5) is 26.6. The molecule has 2 N–H and O–H groups in total. The van der Waals surface area contributed by atoms with E-state index in [0.29, 0.717) is 16.9 Å². The van der Waals surface area contributed by atoms with Crippen molar-refractivity contribution < 1.29 is 19.1 Å². The molecule has 2 aromatic carbocycles. The molecule has 0 unspecified atom stereocenters. The van der Waals surface area contributed by atoms with Gasteiger partial charge in [0.05, 0.1) is 17.6 Å². The normalized spacial score (nSPS) is 16.3. The number of carbonyl (C=O) groups is 2. The van der Waals surface area contributed by atoms with Crippen molar-refractivity contribution in [2.75, 3.05) is 13.2 Å². The molecular weight excluding hydrogens is 411 g/mol. The Morgan fingerprint density at radius 3 is 2.69 bits per heavy atom. The Hall–Kier alpha value is -2.55. The van der Waals surface area contributed by atoms with Crippen molar-refractivity contribution in [3.05, 3.63) is 76.4 Å². The summed E-state index contributed by atoms with van der Waals surface area (Å²) in [6.45, 7) is -0.463. The minimum atomic E-state index is -0.467. The van der Waals surface area contributed by atoms with Crippen molar-refractivity contribution in [1.29, 1.82) is 0 Å². The van der Waals surface area contributed by atoms with Crippen molar-refractivity contribution in [2.24, 2.45) is 0 Å². The van der Waals surface area contributed by atoms with E-state index in [1.807, 2.05) is 30.3 Å². The van der Waals surface area contributed by atoms with E-state index in [1.54, 1.807) is 18.2 Å². The van der Waals surface area contributed by atoms with Crippen LogP contribution >= 0.6 is 24.0 Å². The maximum atomic E-state index is 13.3. The molecule has 29 heavy (non-hydrogen) atoms. The van der Waals surface area contributed by atoms with Crippen LogP contribution in [0.1, 0.15) is 11.1 Å². The monoisotopic (exact) mass is 430 g/mol. The highest BCUT2D eigenvalue weighted by Crippen LogP contribution is 2.32. The average molecular weight is 431 g/mol. The molecule has 1 heterocycles. The van der Waals surface area contributed by atoms with Crippen molar-refractivity contribution in [3.63, 3.8) is 0 Å². The molecule has 1 aliphatic rings. The number of aliphatic hydroxyl groups excluding tert-OH is 1. The van der Waals surface area contributed by atoms with Gasteiger partial charge >= 0.3 is 0 Å². The number of nitrogens with one attached hydrogen (secondary N) is 1. The van der Waals surface area contributed by atoms with Crippen LogP contribution in [0, 0.1) is 5.82 Å². The van der Waals surface area contributed by atoms with Gasteiger partial charge in [-0.25, -0.2) is 4.39 Å². The third-order valence-corrected chi connectivity index (χ3v) is 5.61. The lowest BCUT2D eigenvalue weighted by atomic mass is 10.1. The van der Waals surface area contributed by atoms with Crippen molar-refractivity contribution in [2.45, 2.75) is 12.5 Å². The van der Waals surface area contributed by atoms with Gasteiger partial charge in [0, 0.05) is 0 Å². The maximum absolute atomic E-state index is 13.3. The number of carbonyl (C=O) groups excluding carboxylic acids is 2. The van der Waals surface area contributed by atoms with Gasteiger partial charge in [0.15, 0.2) is 0 Å². The summed E-state index contributed by atoms with van der Waals surface area (Å²) in [6.07, 6.45) is 2.02. The summed E-state index contributed by atoms with van der Waals surface area (Å²) < 4.78 is 13.6. The zero-order chi connectivity index (χ0) is 20.8. The molecule has 1 fully saturated rings. The maximum Gasteiger partial charge on any atom is 0.266 e. The minimum absolute atomic E-state index is 0.224. The van der Waals surface area contributed by atoms with Gasteiger partial charge in [-0.3, -0.25) is 14.5 Å². The molecule has 150 valence electrons. The highest BCUT2D eigenvalue weighted by Gasteiger charge is 2.33. The molecule has 2 amide bonds. The quantitative estimate of drug-likeness (QED) is 0.522. The zero-order valence-electron chi connectivity index (χ0n) is 15.4. The third-order valence-electron chi connectivity index (χ3n) is 4.23. The largest absolute Gasteiger partial charge is 0.394 e. The fourth-order valence-corrected chi connectivity index (χ4v) is 4.12. The first-order valence-electron chi connectivity index (χ1n) is 8.91. The number of hydrogen-bond donors (Lipinski definition) is 2. The molecule has 1 aliphatic heterocycles. The van der Waals surface area contributed by atoms with Crippen LogP contribution in [0.3, 0.4) is 0 Å². The molecule has 8 heteroatoms. The number of rotatable bonds is 7. The van der Waals surface area contributed by atoms with E-state index in [2.05, 4.69) is 5.32 Å². The summed E-state index contributed by atoms with van der Waals surface area (Å²) in [5.41, 5.74) is 1.52. The van der Waals surface area contributed by atoms with Gasteiger partial charge in [-0.1, -0.05) is 66.4 Å². The number of aliphatic hydroxyl groups is 1. The number of nitrogens with zero attached hydrogens (tertiary/aromatic N) is 1. The Morgan fingerprint density at radius 1 is 1.24 bits per heavy atom. The van der Waals surface area contributed by atoms with Crippen LogP contribution in [0.25, 0.3) is 6.08 Å². The Bertz CT molecular complexity index is 950. The van der Waals surface area contributed by atoms with Gasteiger partial charge in [-0.05, 0) is 35.8 Å². The van der Waals surface area contributed by atoms with E-state index in [4.69, 9.17) is 12.2 Å². The molecule has 0 aromatic heterocycles. The number of amides is 2. The number of thiocarbonyl (C=S) groups is 1. The highest BCUT2D eigenvalue weighted by atomic mass is 32.2. The van der Waals surface area contributed by atoms with Gasteiger partial charge in [0.1, 0.15) is 16.7 Å². The van der Waals surface area contributed by atoms with Gasteiger partial charge in [-0.2, -0.15) is 0 Å². The van der Waals surface area contributed by atoms with Gasteiger partial charge < -0.3 is 10.4 Å². The summed E-state index contributed by atoms with van der Waals surface area (Å²) in [5.74, 6) is -1.21. The fourth-order valence-electron chi connectivity index (χ4n) is 2.86. The lowest BCUT2D eigenvalue weighted by Crippen LogP contribution is -2.45. The molecule has 1 saturated heterocycles. The Morgan fingerprint density at radius 2 is 2.00 bits per heavy atom. The lowest BCUT2D eigenvalue weighted by molar-refractivity contribution is -0.129. The molecule has 3 rings (SSSR count). The lowest BCUT2D eigenvalue weighted by Gasteiger charge is -2.19. The van der Waals surface area contributed by atoms with Crippen LogP contribution in [-0.2, 0) is 16.0 Å². The minimum Gasteiger partial charge on any atom is -0.394 e. The van der Waals surface area contributed by atoms with E-state index >= 15 is 0 Å². The number of benzene rings is 2. The molecule has 0 saturated carbocycles. The van der Waals surface area contributed by atoms with Gasteiger partial charge in [-0.15, -0.1) is 0 Å². The topological polar surface area (TPSA) is 69.6 Å². The van der Waals surface area contributed by atoms with Crippen molar-refractivity contribution >= 4 is 46.2 Å². The first-order valence-corrected chi connectivity index (χ1v) is 10.1. The second-order valence-electron chi connectivity index (χ2n) is 6.46. The van der Waals surface area contributed by atoms with Crippen LogP contribution in [0.5, 0.6) is 0 Å². The predicted molar refractivity (Wildman–Crippen MR) is 115 cm³/mol. The standard InChI is InChI=1S/C21H19FN2O3S2/c22-16-8-4-7-15(9-16)11-18-20(27)24(21(28)29-18)12-19(26)23-17(13-25)10-14-5-2-1-3-6-14/h1-9,11,17,25H,10,12-13H2,(H,23,26)/t17-/m1/s1. The summed E-state index contributed by atoms with van der Waals surface area (Å²) in [7, 11) is 0. The molecule has 0 spiro atoms. The average Bonchev–Trinajstić information content (AvgIpc) is 2.95. The van der Waals surface area contributed by atoms with Gasteiger partial charge in [0.25, 0.3) is 5.91 Å². The van der Waals surface area contributed by atoms with E-state index in [0.717, 1.165) is 17.3 Å². The first-order chi connectivity index (χ1) is 14.0. The Balaban J connectivity index is 1.62. The summed E-state index contributed by atoms with van der Waals surface area (Å²) >= 11 is 6.29. The molecule has 0 radical (unpaired) electrons. The van der Waals surface area contributed by atoms with E-state index in [-0.39, 0.29) is 17.5 Å². The SMILES string of the molecule is O=C(CN1C(=O)C(=Cc2cccc(F)c2)SC1=S)N[C@@H](CO)Cc1ccccc1. The molecule has 1 atom stereocenters. The summed E-state index contributed by atoms with van der Waals surface area (Å²) in [5, 5.41) is 12.3. The van der Waals surface area contributed by atoms with Gasteiger partial charge in [0.2, 0.25) is 5.91 Å². The van der Waals surface area contributed by atoms with Crippen molar-refractivity contribution in [1.82, 2.24) is 10.2 Å². The number of hydrogen-bond acceptors (Lipinski definition) is 5. The number of thioether (sulfide) groups is 1. The van der Waals surface area contributed by atoms with Crippen LogP contribution in [0.2, 0.25) is 0 Å². The second-order valence-corrected chi connectivity index (χ2v) is 8.14. The molecular formula is C21H19FN2O3S2. The van der Waals surface area contributed by atoms with Crippen LogP contribution in [0.15, 0.2) is 59.5 Å². The van der Waals surface area contributed by atoms with Crippen LogP contribution in [0.4, 0.5) is 4.39 Å². The number of halogens is 1. The zero-order valence-corrected chi connectivity index (χ0v) is 17.0. The van der Waals surface area contributed by atoms with E-state index < -0.39 is 23.7 Å². The molecule has 2 aromatic rings. The van der Waals surface area contributed by atoms with Crippen molar-refractivity contribution in [3.8, 4) is 0 Å². The first kappa shape index (κ1) is 21.2. The Kier molecular flexibility index (Phi) is 7.13.